The first-order valence-corrected chi connectivity index (χ1v) is 5.78. The van der Waals surface area contributed by atoms with Crippen molar-refractivity contribution in [2.45, 2.75) is 6.18 Å². The highest BCUT2D eigenvalue weighted by atomic mass is 19.4. The maximum absolute atomic E-state index is 12.7. The average Bonchev–Trinajstić information content (AvgIpc) is 2.46. The van der Waals surface area contributed by atoms with Crippen LogP contribution < -0.4 is 4.74 Å². The van der Waals surface area contributed by atoms with Gasteiger partial charge in [0.05, 0.1) is 18.4 Å². The second-order valence-electron chi connectivity index (χ2n) is 4.16. The summed E-state index contributed by atoms with van der Waals surface area (Å²) in [7, 11) is 1.33. The van der Waals surface area contributed by atoms with Crippen LogP contribution in [0.25, 0.3) is 11.3 Å². The summed E-state index contributed by atoms with van der Waals surface area (Å²) in [6.45, 7) is 0. The summed E-state index contributed by atoms with van der Waals surface area (Å²) in [5.74, 6) is -1.09. The molecule has 0 aliphatic carbocycles. The zero-order chi connectivity index (χ0) is 15.6. The van der Waals surface area contributed by atoms with E-state index in [9.17, 15) is 18.0 Å². The molecule has 0 saturated heterocycles. The van der Waals surface area contributed by atoms with Crippen molar-refractivity contribution in [3.8, 4) is 17.0 Å². The van der Waals surface area contributed by atoms with E-state index in [-0.39, 0.29) is 22.7 Å². The standard InChI is InChI=1S/C14H10F3NO3/c1-21-10-6-11(18-12(7-10)13(19)20)8-3-2-4-9(5-8)14(15,16)17/h2-7H,1H3,(H,19,20). The van der Waals surface area contributed by atoms with E-state index in [0.29, 0.717) is 0 Å². The van der Waals surface area contributed by atoms with E-state index in [1.807, 2.05) is 0 Å². The molecule has 0 radical (unpaired) electrons. The van der Waals surface area contributed by atoms with Gasteiger partial charge in [-0.2, -0.15) is 13.2 Å². The van der Waals surface area contributed by atoms with Crippen LogP contribution >= 0.6 is 0 Å². The second-order valence-corrected chi connectivity index (χ2v) is 4.16. The van der Waals surface area contributed by atoms with Gasteiger partial charge in [-0.3, -0.25) is 0 Å². The predicted molar refractivity (Wildman–Crippen MR) is 68.2 cm³/mol. The molecule has 2 rings (SSSR count). The molecule has 4 nitrogen and oxygen atoms in total. The van der Waals surface area contributed by atoms with Crippen LogP contribution in [0.2, 0.25) is 0 Å². The first kappa shape index (κ1) is 14.8. The number of methoxy groups -OCH3 is 1. The minimum Gasteiger partial charge on any atom is -0.497 e. The summed E-state index contributed by atoms with van der Waals surface area (Å²) in [5.41, 5.74) is -0.882. The van der Waals surface area contributed by atoms with Crippen LogP contribution in [-0.2, 0) is 6.18 Å². The highest BCUT2D eigenvalue weighted by molar-refractivity contribution is 5.86. The van der Waals surface area contributed by atoms with Gasteiger partial charge in [-0.1, -0.05) is 12.1 Å². The number of nitrogens with zero attached hydrogens (tertiary/aromatic N) is 1. The molecule has 21 heavy (non-hydrogen) atoms. The van der Waals surface area contributed by atoms with Crippen molar-refractivity contribution in [3.63, 3.8) is 0 Å². The Bertz CT molecular complexity index is 683. The Morgan fingerprint density at radius 3 is 2.52 bits per heavy atom. The molecule has 0 unspecified atom stereocenters. The Balaban J connectivity index is 2.56. The minimum atomic E-state index is -4.48. The van der Waals surface area contributed by atoms with Gasteiger partial charge in [-0.25, -0.2) is 9.78 Å². The van der Waals surface area contributed by atoms with Gasteiger partial charge >= 0.3 is 12.1 Å². The number of hydrogen-bond donors (Lipinski definition) is 1. The summed E-state index contributed by atoms with van der Waals surface area (Å²) in [6.07, 6.45) is -4.48. The molecule has 1 N–H and O–H groups in total. The van der Waals surface area contributed by atoms with Gasteiger partial charge in [0.15, 0.2) is 5.69 Å². The van der Waals surface area contributed by atoms with E-state index in [2.05, 4.69) is 4.98 Å². The summed E-state index contributed by atoms with van der Waals surface area (Å²) in [5, 5.41) is 8.96. The van der Waals surface area contributed by atoms with Gasteiger partial charge in [0, 0.05) is 17.7 Å². The largest absolute Gasteiger partial charge is 0.497 e. The van der Waals surface area contributed by atoms with Crippen LogP contribution in [0, 0.1) is 0 Å². The number of aromatic nitrogens is 1. The lowest BCUT2D eigenvalue weighted by atomic mass is 10.1. The van der Waals surface area contributed by atoms with Gasteiger partial charge in [-0.05, 0) is 12.1 Å². The van der Waals surface area contributed by atoms with Crippen molar-refractivity contribution in [2.24, 2.45) is 0 Å². The van der Waals surface area contributed by atoms with Crippen molar-refractivity contribution in [1.82, 2.24) is 4.98 Å². The van der Waals surface area contributed by atoms with E-state index in [1.54, 1.807) is 0 Å². The van der Waals surface area contributed by atoms with E-state index >= 15 is 0 Å². The van der Waals surface area contributed by atoms with E-state index in [0.717, 1.165) is 12.1 Å². The van der Waals surface area contributed by atoms with Gasteiger partial charge in [0.2, 0.25) is 0 Å². The fourth-order valence-electron chi connectivity index (χ4n) is 1.74. The topological polar surface area (TPSA) is 59.4 Å². The first-order valence-electron chi connectivity index (χ1n) is 5.78. The maximum atomic E-state index is 12.7. The molecule has 110 valence electrons. The van der Waals surface area contributed by atoms with E-state index in [1.165, 1.54) is 31.4 Å². The number of aromatic carboxylic acids is 1. The number of alkyl halides is 3. The third kappa shape index (κ3) is 3.31. The second kappa shape index (κ2) is 5.43. The monoisotopic (exact) mass is 297 g/mol. The molecule has 2 aromatic rings. The summed E-state index contributed by atoms with van der Waals surface area (Å²) >= 11 is 0. The number of carbonyl (C=O) groups is 1. The molecule has 1 aromatic heterocycles. The Kier molecular flexibility index (Phi) is 3.84. The number of rotatable bonds is 3. The van der Waals surface area contributed by atoms with Crippen LogP contribution in [-0.4, -0.2) is 23.2 Å². The van der Waals surface area contributed by atoms with Gasteiger partial charge in [0.1, 0.15) is 5.75 Å². The van der Waals surface area contributed by atoms with Crippen molar-refractivity contribution >= 4 is 5.97 Å². The average molecular weight is 297 g/mol. The number of benzene rings is 1. The Morgan fingerprint density at radius 2 is 1.95 bits per heavy atom. The fraction of sp³-hybridized carbons (Fsp3) is 0.143. The van der Waals surface area contributed by atoms with Crippen LogP contribution in [0.4, 0.5) is 13.2 Å². The summed E-state index contributed by atoms with van der Waals surface area (Å²) < 4.78 is 43.0. The van der Waals surface area contributed by atoms with Crippen LogP contribution in [0.1, 0.15) is 16.1 Å². The van der Waals surface area contributed by atoms with Crippen LogP contribution in [0.3, 0.4) is 0 Å². The molecule has 0 bridgehead atoms. The molecule has 0 spiro atoms. The molecule has 0 atom stereocenters. The number of hydrogen-bond acceptors (Lipinski definition) is 3. The van der Waals surface area contributed by atoms with Crippen LogP contribution in [0.15, 0.2) is 36.4 Å². The maximum Gasteiger partial charge on any atom is 0.416 e. The Morgan fingerprint density at radius 1 is 1.24 bits per heavy atom. The van der Waals surface area contributed by atoms with Crippen molar-refractivity contribution < 1.29 is 27.8 Å². The van der Waals surface area contributed by atoms with Gasteiger partial charge < -0.3 is 9.84 Å². The number of carboxylic acids is 1. The Hall–Kier alpha value is -2.57. The molecule has 0 aliphatic rings. The molecule has 0 amide bonds. The fourth-order valence-corrected chi connectivity index (χ4v) is 1.74. The number of pyridine rings is 1. The lowest BCUT2D eigenvalue weighted by molar-refractivity contribution is -0.137. The Labute approximate surface area is 117 Å². The number of carboxylic acid groups (broad SMARTS) is 1. The number of halogens is 3. The molecule has 1 heterocycles. The zero-order valence-electron chi connectivity index (χ0n) is 10.8. The first-order chi connectivity index (χ1) is 9.81. The molecule has 7 heteroatoms. The lowest BCUT2D eigenvalue weighted by Gasteiger charge is -2.10. The molecule has 0 aliphatic heterocycles. The van der Waals surface area contributed by atoms with E-state index in [4.69, 9.17) is 9.84 Å². The van der Waals surface area contributed by atoms with Gasteiger partial charge in [-0.15, -0.1) is 0 Å². The highest BCUT2D eigenvalue weighted by Gasteiger charge is 2.30. The smallest absolute Gasteiger partial charge is 0.416 e. The van der Waals surface area contributed by atoms with Crippen molar-refractivity contribution in [3.05, 3.63) is 47.7 Å². The zero-order valence-corrected chi connectivity index (χ0v) is 10.8. The number of ether oxygens (including phenoxy) is 1. The molecule has 0 fully saturated rings. The summed E-state index contributed by atoms with van der Waals surface area (Å²) in [6, 6.07) is 7.07. The SMILES string of the molecule is COc1cc(C(=O)O)nc(-c2cccc(C(F)(F)F)c2)c1. The molecule has 0 saturated carbocycles. The molecule has 1 aromatic carbocycles. The third-order valence-corrected chi connectivity index (χ3v) is 2.74. The van der Waals surface area contributed by atoms with Crippen molar-refractivity contribution in [1.29, 1.82) is 0 Å². The highest BCUT2D eigenvalue weighted by Crippen LogP contribution is 2.32. The normalized spacial score (nSPS) is 11.2. The minimum absolute atomic E-state index is 0.0952. The molecular formula is C14H10F3NO3. The molecular weight excluding hydrogens is 287 g/mol. The predicted octanol–water partition coefficient (Wildman–Crippen LogP) is 3.47. The summed E-state index contributed by atoms with van der Waals surface area (Å²) in [4.78, 5) is 14.8. The third-order valence-electron chi connectivity index (χ3n) is 2.74. The quantitative estimate of drug-likeness (QED) is 0.942. The lowest BCUT2D eigenvalue weighted by Crippen LogP contribution is -2.05. The van der Waals surface area contributed by atoms with E-state index < -0.39 is 17.7 Å². The van der Waals surface area contributed by atoms with Crippen molar-refractivity contribution in [2.75, 3.05) is 7.11 Å². The van der Waals surface area contributed by atoms with Crippen LogP contribution in [0.5, 0.6) is 5.75 Å². The van der Waals surface area contributed by atoms with Gasteiger partial charge in [0.25, 0.3) is 0 Å².